The highest BCUT2D eigenvalue weighted by molar-refractivity contribution is 5.35. The van der Waals surface area contributed by atoms with Gasteiger partial charge in [-0.25, -0.2) is 0 Å². The zero-order valence-corrected chi connectivity index (χ0v) is 16.1. The average molecular weight is 351 g/mol. The summed E-state index contributed by atoms with van der Waals surface area (Å²) in [6.07, 6.45) is 2.47. The van der Waals surface area contributed by atoms with Gasteiger partial charge in [0.15, 0.2) is 5.60 Å². The quantitative estimate of drug-likeness (QED) is 0.673. The van der Waals surface area contributed by atoms with Gasteiger partial charge in [0, 0.05) is 12.6 Å². The molecule has 1 aromatic carbocycles. The first-order chi connectivity index (χ1) is 12.3. The van der Waals surface area contributed by atoms with E-state index < -0.39 is 5.60 Å². The van der Waals surface area contributed by atoms with E-state index >= 15 is 0 Å². The number of hydrogen-bond donors (Lipinski definition) is 1. The Kier molecular flexibility index (Phi) is 5.22. The van der Waals surface area contributed by atoms with Crippen LogP contribution in [0.15, 0.2) is 65.1 Å². The maximum atomic E-state index is 11.0. The molecular formula is C23H29NO2. The SMILES string of the molecule is C=C(C)C(O)(C(=C)C)c1ccc(CN(Cc2ccc(C)cc2)C2CC2)o1. The first kappa shape index (κ1) is 18.7. The molecule has 138 valence electrons. The molecule has 0 atom stereocenters. The smallest absolute Gasteiger partial charge is 0.163 e. The largest absolute Gasteiger partial charge is 0.461 e. The van der Waals surface area contributed by atoms with Crippen LogP contribution in [0.2, 0.25) is 0 Å². The maximum absolute atomic E-state index is 11.0. The van der Waals surface area contributed by atoms with Crippen molar-refractivity contribution in [2.45, 2.75) is 58.3 Å². The normalized spacial score (nSPS) is 14.7. The average Bonchev–Trinajstić information content (AvgIpc) is 3.34. The topological polar surface area (TPSA) is 36.6 Å². The Morgan fingerprint density at radius 2 is 1.69 bits per heavy atom. The Bertz CT molecular complexity index is 782. The van der Waals surface area contributed by atoms with Gasteiger partial charge in [0.1, 0.15) is 11.5 Å². The van der Waals surface area contributed by atoms with E-state index in [0.717, 1.165) is 18.8 Å². The van der Waals surface area contributed by atoms with Crippen molar-refractivity contribution < 1.29 is 9.52 Å². The predicted molar refractivity (Wildman–Crippen MR) is 106 cm³/mol. The van der Waals surface area contributed by atoms with Crippen molar-refractivity contribution in [1.29, 1.82) is 0 Å². The Morgan fingerprint density at radius 1 is 1.08 bits per heavy atom. The summed E-state index contributed by atoms with van der Waals surface area (Å²) >= 11 is 0. The monoisotopic (exact) mass is 351 g/mol. The fraction of sp³-hybridized carbons (Fsp3) is 0.391. The third kappa shape index (κ3) is 3.84. The number of aliphatic hydroxyl groups is 1. The van der Waals surface area contributed by atoms with Crippen LogP contribution in [0, 0.1) is 6.92 Å². The van der Waals surface area contributed by atoms with E-state index in [2.05, 4.69) is 49.2 Å². The molecule has 2 aromatic rings. The van der Waals surface area contributed by atoms with Crippen LogP contribution in [0.3, 0.4) is 0 Å². The highest BCUT2D eigenvalue weighted by Gasteiger charge is 2.35. The van der Waals surface area contributed by atoms with Crippen LogP contribution >= 0.6 is 0 Å². The molecule has 0 saturated heterocycles. The number of aryl methyl sites for hydroxylation is 1. The van der Waals surface area contributed by atoms with E-state index in [1.807, 2.05) is 12.1 Å². The minimum Gasteiger partial charge on any atom is -0.461 e. The summed E-state index contributed by atoms with van der Waals surface area (Å²) in [6, 6.07) is 13.1. The zero-order chi connectivity index (χ0) is 18.9. The van der Waals surface area contributed by atoms with Crippen molar-refractivity contribution in [3.05, 3.63) is 83.3 Å². The molecule has 1 aliphatic rings. The van der Waals surface area contributed by atoms with Crippen LogP contribution in [-0.2, 0) is 18.7 Å². The second-order valence-corrected chi connectivity index (χ2v) is 7.66. The Balaban J connectivity index is 1.76. The number of benzene rings is 1. The van der Waals surface area contributed by atoms with E-state index in [9.17, 15) is 5.11 Å². The Hall–Kier alpha value is -2.10. The van der Waals surface area contributed by atoms with Gasteiger partial charge in [-0.05, 0) is 62.5 Å². The van der Waals surface area contributed by atoms with Crippen molar-refractivity contribution in [1.82, 2.24) is 4.90 Å². The van der Waals surface area contributed by atoms with Crippen LogP contribution < -0.4 is 0 Å². The molecule has 3 heteroatoms. The lowest BCUT2D eigenvalue weighted by Gasteiger charge is -2.27. The van der Waals surface area contributed by atoms with Gasteiger partial charge in [-0.3, -0.25) is 4.90 Å². The molecule has 0 spiro atoms. The summed E-state index contributed by atoms with van der Waals surface area (Å²) in [4.78, 5) is 2.45. The van der Waals surface area contributed by atoms with E-state index in [4.69, 9.17) is 4.42 Å². The summed E-state index contributed by atoms with van der Waals surface area (Å²) in [7, 11) is 0. The Morgan fingerprint density at radius 3 is 2.23 bits per heavy atom. The lowest BCUT2D eigenvalue weighted by molar-refractivity contribution is 0.0876. The fourth-order valence-electron chi connectivity index (χ4n) is 3.32. The molecule has 1 aliphatic carbocycles. The van der Waals surface area contributed by atoms with Crippen LogP contribution in [-0.4, -0.2) is 16.0 Å². The van der Waals surface area contributed by atoms with Crippen LogP contribution in [0.5, 0.6) is 0 Å². The molecule has 1 heterocycles. The number of rotatable bonds is 8. The van der Waals surface area contributed by atoms with E-state index in [-0.39, 0.29) is 0 Å². The fourth-order valence-corrected chi connectivity index (χ4v) is 3.32. The molecule has 1 saturated carbocycles. The highest BCUT2D eigenvalue weighted by Crippen LogP contribution is 2.37. The van der Waals surface area contributed by atoms with Gasteiger partial charge in [-0.2, -0.15) is 0 Å². The Labute approximate surface area is 156 Å². The van der Waals surface area contributed by atoms with Gasteiger partial charge in [0.25, 0.3) is 0 Å². The van der Waals surface area contributed by atoms with Crippen LogP contribution in [0.1, 0.15) is 49.3 Å². The third-order valence-corrected chi connectivity index (χ3v) is 5.18. The summed E-state index contributed by atoms with van der Waals surface area (Å²) in [5, 5.41) is 11.0. The molecule has 3 nitrogen and oxygen atoms in total. The molecule has 0 amide bonds. The van der Waals surface area contributed by atoms with Crippen molar-refractivity contribution >= 4 is 0 Å². The minimum absolute atomic E-state index is 0.499. The number of nitrogens with zero attached hydrogens (tertiary/aromatic N) is 1. The van der Waals surface area contributed by atoms with Gasteiger partial charge in [0.05, 0.1) is 6.54 Å². The van der Waals surface area contributed by atoms with Crippen molar-refractivity contribution in [2.24, 2.45) is 0 Å². The summed E-state index contributed by atoms with van der Waals surface area (Å²) in [6.45, 7) is 15.2. The standard InChI is InChI=1S/C23H29NO2/c1-16(2)23(25,17(3)4)22-13-12-21(26-22)15-24(20-10-11-20)14-19-8-6-18(5)7-9-19/h6-9,12-13,20,25H,1,3,10-11,14-15H2,2,4-5H3. The minimum atomic E-state index is -1.31. The lowest BCUT2D eigenvalue weighted by Crippen LogP contribution is -2.27. The first-order valence-electron chi connectivity index (χ1n) is 9.24. The number of furan rings is 1. The van der Waals surface area contributed by atoms with Crippen molar-refractivity contribution in [3.63, 3.8) is 0 Å². The molecular weight excluding hydrogens is 322 g/mol. The van der Waals surface area contributed by atoms with Crippen molar-refractivity contribution in [2.75, 3.05) is 0 Å². The second-order valence-electron chi connectivity index (χ2n) is 7.66. The summed E-state index contributed by atoms with van der Waals surface area (Å²) in [5.41, 5.74) is 2.52. The molecule has 0 aliphatic heterocycles. The molecule has 0 unspecified atom stereocenters. The molecule has 0 radical (unpaired) electrons. The summed E-state index contributed by atoms with van der Waals surface area (Å²) < 4.78 is 6.02. The van der Waals surface area contributed by atoms with Gasteiger partial charge < -0.3 is 9.52 Å². The van der Waals surface area contributed by atoms with Crippen LogP contribution in [0.4, 0.5) is 0 Å². The lowest BCUT2D eigenvalue weighted by atomic mass is 9.87. The predicted octanol–water partition coefficient (Wildman–Crippen LogP) is 5.09. The first-order valence-corrected chi connectivity index (χ1v) is 9.24. The summed E-state index contributed by atoms with van der Waals surface area (Å²) in [5.74, 6) is 1.36. The molecule has 26 heavy (non-hydrogen) atoms. The highest BCUT2D eigenvalue weighted by atomic mass is 16.4. The van der Waals surface area contributed by atoms with Gasteiger partial charge >= 0.3 is 0 Å². The second kappa shape index (κ2) is 7.26. The van der Waals surface area contributed by atoms with E-state index in [1.54, 1.807) is 13.8 Å². The number of hydrogen-bond acceptors (Lipinski definition) is 3. The maximum Gasteiger partial charge on any atom is 0.163 e. The molecule has 3 rings (SSSR count). The van der Waals surface area contributed by atoms with Crippen LogP contribution in [0.25, 0.3) is 0 Å². The van der Waals surface area contributed by atoms with Gasteiger partial charge in [-0.15, -0.1) is 0 Å². The molecule has 0 bridgehead atoms. The molecule has 1 fully saturated rings. The van der Waals surface area contributed by atoms with Gasteiger partial charge in [-0.1, -0.05) is 43.0 Å². The molecule has 1 aromatic heterocycles. The molecule has 1 N–H and O–H groups in total. The van der Waals surface area contributed by atoms with E-state index in [0.29, 0.717) is 22.9 Å². The van der Waals surface area contributed by atoms with Crippen molar-refractivity contribution in [3.8, 4) is 0 Å². The van der Waals surface area contributed by atoms with Gasteiger partial charge in [0.2, 0.25) is 0 Å². The van der Waals surface area contributed by atoms with E-state index in [1.165, 1.54) is 24.0 Å². The third-order valence-electron chi connectivity index (χ3n) is 5.18. The zero-order valence-electron chi connectivity index (χ0n) is 16.1.